The van der Waals surface area contributed by atoms with E-state index < -0.39 is 4.92 Å². The molecule has 0 unspecified atom stereocenters. The van der Waals surface area contributed by atoms with Crippen molar-refractivity contribution in [3.63, 3.8) is 0 Å². The first-order valence-electron chi connectivity index (χ1n) is 7.63. The molecule has 0 bridgehead atoms. The van der Waals surface area contributed by atoms with Crippen molar-refractivity contribution in [2.24, 2.45) is 5.10 Å². The van der Waals surface area contributed by atoms with Crippen LogP contribution in [0.2, 0.25) is 5.02 Å². The van der Waals surface area contributed by atoms with E-state index in [1.807, 2.05) is 31.2 Å². The molecule has 0 aliphatic carbocycles. The number of benzene rings is 2. The Morgan fingerprint density at radius 1 is 1.38 bits per heavy atom. The van der Waals surface area contributed by atoms with Gasteiger partial charge in [0.15, 0.2) is 0 Å². The first-order chi connectivity index (χ1) is 12.5. The fraction of sp³-hybridized carbons (Fsp3) is 0.118. The van der Waals surface area contributed by atoms with Gasteiger partial charge in [-0.2, -0.15) is 5.10 Å². The second kappa shape index (κ2) is 7.32. The first-order valence-corrected chi connectivity index (χ1v) is 8.01. The number of aryl methyl sites for hydroxylation is 1. The molecule has 2 aromatic carbocycles. The number of hydrazone groups is 1. The van der Waals surface area contributed by atoms with Gasteiger partial charge >= 0.3 is 0 Å². The van der Waals surface area contributed by atoms with Crippen molar-refractivity contribution in [2.45, 2.75) is 13.5 Å². The normalized spacial score (nSPS) is 11.2. The van der Waals surface area contributed by atoms with Crippen LogP contribution in [0.5, 0.6) is 0 Å². The maximum atomic E-state index is 12.1. The Morgan fingerprint density at radius 3 is 2.92 bits per heavy atom. The smallest absolute Gasteiger partial charge is 0.288 e. The molecule has 3 rings (SSSR count). The molecular formula is C17H14ClN5O3. The lowest BCUT2D eigenvalue weighted by Crippen LogP contribution is -2.23. The van der Waals surface area contributed by atoms with Crippen molar-refractivity contribution in [3.05, 3.63) is 69.0 Å². The molecule has 1 N–H and O–H groups in total. The molecule has 0 spiro atoms. The summed E-state index contributed by atoms with van der Waals surface area (Å²) in [5.41, 5.74) is 4.31. The largest absolute Gasteiger partial charge is 0.319 e. The summed E-state index contributed by atoms with van der Waals surface area (Å²) < 4.78 is 1.79. The molecule has 8 nitrogen and oxygen atoms in total. The Hall–Kier alpha value is -3.26. The zero-order chi connectivity index (χ0) is 18.7. The third kappa shape index (κ3) is 3.70. The zero-order valence-electron chi connectivity index (χ0n) is 13.7. The molecule has 26 heavy (non-hydrogen) atoms. The van der Waals surface area contributed by atoms with Crippen LogP contribution in [-0.2, 0) is 11.3 Å². The number of halogens is 1. The number of carbonyl (C=O) groups excluding carboxylic acids is 1. The number of aromatic nitrogens is 2. The van der Waals surface area contributed by atoms with Crippen molar-refractivity contribution in [3.8, 4) is 0 Å². The van der Waals surface area contributed by atoms with Gasteiger partial charge in [-0.3, -0.25) is 14.9 Å². The second-order valence-electron chi connectivity index (χ2n) is 5.50. The lowest BCUT2D eigenvalue weighted by molar-refractivity contribution is -0.384. The number of carbonyl (C=O) groups is 1. The van der Waals surface area contributed by atoms with Crippen LogP contribution in [0.1, 0.15) is 11.4 Å². The van der Waals surface area contributed by atoms with Gasteiger partial charge in [0.25, 0.3) is 11.6 Å². The Balaban J connectivity index is 1.69. The lowest BCUT2D eigenvalue weighted by Gasteiger charge is -2.05. The molecule has 132 valence electrons. The molecular weight excluding hydrogens is 358 g/mol. The van der Waals surface area contributed by atoms with Crippen LogP contribution in [0.15, 0.2) is 47.6 Å². The topological polar surface area (TPSA) is 102 Å². The maximum absolute atomic E-state index is 12.1. The van der Waals surface area contributed by atoms with E-state index in [2.05, 4.69) is 15.5 Å². The van der Waals surface area contributed by atoms with Crippen LogP contribution in [-0.4, -0.2) is 26.6 Å². The van der Waals surface area contributed by atoms with E-state index >= 15 is 0 Å². The molecule has 0 aliphatic heterocycles. The summed E-state index contributed by atoms with van der Waals surface area (Å²) in [6.45, 7) is 1.88. The van der Waals surface area contributed by atoms with Crippen molar-refractivity contribution in [1.82, 2.24) is 15.0 Å². The number of rotatable bonds is 5. The number of nitrogens with zero attached hydrogens (tertiary/aromatic N) is 4. The number of nitro benzene ring substituents is 1. The summed E-state index contributed by atoms with van der Waals surface area (Å²) in [6.07, 6.45) is 1.32. The van der Waals surface area contributed by atoms with Gasteiger partial charge in [-0.25, -0.2) is 10.4 Å². The standard InChI is InChI=1S/C17H14ClN5O3/c1-11-20-14-4-2-3-5-15(14)22(11)10-17(24)21-19-9-12-6-7-13(18)16(8-12)23(25)26/h2-9H,10H2,1H3,(H,21,24)/b19-9+. The molecule has 0 saturated heterocycles. The van der Waals surface area contributed by atoms with Gasteiger partial charge in [0, 0.05) is 11.6 Å². The lowest BCUT2D eigenvalue weighted by atomic mass is 10.2. The van der Waals surface area contributed by atoms with Gasteiger partial charge in [0.1, 0.15) is 17.4 Å². The molecule has 0 saturated carbocycles. The number of amides is 1. The molecule has 0 atom stereocenters. The highest BCUT2D eigenvalue weighted by atomic mass is 35.5. The maximum Gasteiger partial charge on any atom is 0.288 e. The van der Waals surface area contributed by atoms with E-state index in [0.29, 0.717) is 5.56 Å². The predicted octanol–water partition coefficient (Wildman–Crippen LogP) is 3.06. The Bertz CT molecular complexity index is 1030. The molecule has 0 aliphatic rings. The van der Waals surface area contributed by atoms with E-state index in [0.717, 1.165) is 16.9 Å². The molecule has 3 aromatic rings. The number of hydrogen-bond acceptors (Lipinski definition) is 5. The molecule has 1 aromatic heterocycles. The van der Waals surface area contributed by atoms with Crippen molar-refractivity contribution < 1.29 is 9.72 Å². The minimum atomic E-state index is -0.578. The van der Waals surface area contributed by atoms with Gasteiger partial charge in [-0.1, -0.05) is 29.8 Å². The fourth-order valence-corrected chi connectivity index (χ4v) is 2.69. The highest BCUT2D eigenvalue weighted by molar-refractivity contribution is 6.32. The number of nitrogens with one attached hydrogen (secondary N) is 1. The number of para-hydroxylation sites is 2. The van der Waals surface area contributed by atoms with Gasteiger partial charge < -0.3 is 4.57 Å². The van der Waals surface area contributed by atoms with Crippen LogP contribution in [0.25, 0.3) is 11.0 Å². The summed E-state index contributed by atoms with van der Waals surface area (Å²) in [5, 5.41) is 14.7. The fourth-order valence-electron chi connectivity index (χ4n) is 2.50. The van der Waals surface area contributed by atoms with Gasteiger partial charge in [0.05, 0.1) is 22.2 Å². The van der Waals surface area contributed by atoms with Crippen molar-refractivity contribution in [1.29, 1.82) is 0 Å². The van der Waals surface area contributed by atoms with E-state index in [1.165, 1.54) is 18.3 Å². The summed E-state index contributed by atoms with van der Waals surface area (Å²) in [6, 6.07) is 11.8. The number of nitro groups is 1. The first kappa shape index (κ1) is 17.6. The Morgan fingerprint density at radius 2 is 2.15 bits per heavy atom. The third-order valence-corrected chi connectivity index (χ3v) is 4.04. The minimum Gasteiger partial charge on any atom is -0.319 e. The molecule has 0 fully saturated rings. The van der Waals surface area contributed by atoms with Gasteiger partial charge in [-0.15, -0.1) is 0 Å². The Kier molecular flexibility index (Phi) is 4.94. The number of imidazole rings is 1. The summed E-state index contributed by atoms with van der Waals surface area (Å²) in [7, 11) is 0. The van der Waals surface area contributed by atoms with Crippen LogP contribution >= 0.6 is 11.6 Å². The average molecular weight is 372 g/mol. The third-order valence-electron chi connectivity index (χ3n) is 3.72. The Labute approximate surface area is 153 Å². The van der Waals surface area contributed by atoms with E-state index in [-0.39, 0.29) is 23.2 Å². The summed E-state index contributed by atoms with van der Waals surface area (Å²) in [5.74, 6) is 0.384. The van der Waals surface area contributed by atoms with Crippen molar-refractivity contribution >= 4 is 40.4 Å². The zero-order valence-corrected chi connectivity index (χ0v) is 14.5. The van der Waals surface area contributed by atoms with Gasteiger partial charge in [0.2, 0.25) is 0 Å². The van der Waals surface area contributed by atoms with E-state index in [1.54, 1.807) is 10.6 Å². The van der Waals surface area contributed by atoms with E-state index in [9.17, 15) is 14.9 Å². The molecule has 1 heterocycles. The van der Waals surface area contributed by atoms with Gasteiger partial charge in [-0.05, 0) is 25.1 Å². The van der Waals surface area contributed by atoms with Crippen molar-refractivity contribution in [2.75, 3.05) is 0 Å². The molecule has 1 amide bonds. The SMILES string of the molecule is Cc1nc2ccccc2n1CC(=O)N/N=C/c1ccc(Cl)c([N+](=O)[O-])c1. The monoisotopic (exact) mass is 371 g/mol. The highest BCUT2D eigenvalue weighted by Crippen LogP contribution is 2.24. The molecule has 0 radical (unpaired) electrons. The minimum absolute atomic E-state index is 0.0404. The van der Waals surface area contributed by atoms with Crippen LogP contribution in [0, 0.1) is 17.0 Å². The van der Waals surface area contributed by atoms with Crippen LogP contribution in [0.3, 0.4) is 0 Å². The summed E-state index contributed by atoms with van der Waals surface area (Å²) in [4.78, 5) is 26.8. The van der Waals surface area contributed by atoms with E-state index in [4.69, 9.17) is 11.6 Å². The highest BCUT2D eigenvalue weighted by Gasteiger charge is 2.12. The average Bonchev–Trinajstić information content (AvgIpc) is 2.92. The number of hydrogen-bond donors (Lipinski definition) is 1. The predicted molar refractivity (Wildman–Crippen MR) is 98.3 cm³/mol. The second-order valence-corrected chi connectivity index (χ2v) is 5.90. The molecule has 9 heteroatoms. The summed E-state index contributed by atoms with van der Waals surface area (Å²) >= 11 is 5.75. The quantitative estimate of drug-likeness (QED) is 0.423. The van der Waals surface area contributed by atoms with Crippen LogP contribution < -0.4 is 5.43 Å². The number of fused-ring (bicyclic) bond motifs is 1. The van der Waals surface area contributed by atoms with Crippen LogP contribution in [0.4, 0.5) is 5.69 Å².